The number of benzene rings is 2. The first-order valence-corrected chi connectivity index (χ1v) is 6.35. The highest BCUT2D eigenvalue weighted by molar-refractivity contribution is 5.95. The molecule has 0 saturated heterocycles. The van der Waals surface area contributed by atoms with Crippen molar-refractivity contribution in [2.75, 3.05) is 5.32 Å². The van der Waals surface area contributed by atoms with Crippen molar-refractivity contribution in [1.82, 2.24) is 0 Å². The fourth-order valence-electron chi connectivity index (χ4n) is 2.03. The Morgan fingerprint density at radius 2 is 1.74 bits per heavy atom. The van der Waals surface area contributed by atoms with Crippen LogP contribution in [0.25, 0.3) is 0 Å². The number of hydrogen-bond donors (Lipinski definition) is 2. The molecule has 0 saturated carbocycles. The summed E-state index contributed by atoms with van der Waals surface area (Å²) in [6.45, 7) is 1.99. The van der Waals surface area contributed by atoms with E-state index < -0.39 is 0 Å². The second-order valence-corrected chi connectivity index (χ2v) is 4.41. The van der Waals surface area contributed by atoms with Gasteiger partial charge in [0.15, 0.2) is 0 Å². The fourth-order valence-corrected chi connectivity index (χ4v) is 2.03. The van der Waals surface area contributed by atoms with Gasteiger partial charge in [-0.1, -0.05) is 37.3 Å². The van der Waals surface area contributed by atoms with Gasteiger partial charge in [0.2, 0.25) is 5.91 Å². The van der Waals surface area contributed by atoms with E-state index in [4.69, 9.17) is 0 Å². The molecule has 2 aromatic rings. The molecule has 3 nitrogen and oxygen atoms in total. The molecule has 0 aromatic heterocycles. The molecule has 0 aliphatic carbocycles. The summed E-state index contributed by atoms with van der Waals surface area (Å²) in [6, 6.07) is 16.2. The summed E-state index contributed by atoms with van der Waals surface area (Å²) in [6.07, 6.45) is 0.744. The minimum absolute atomic E-state index is 0.0283. The van der Waals surface area contributed by atoms with Crippen molar-refractivity contribution in [3.05, 3.63) is 60.2 Å². The first kappa shape index (κ1) is 13.1. The van der Waals surface area contributed by atoms with E-state index in [0.29, 0.717) is 5.69 Å². The summed E-state index contributed by atoms with van der Waals surface area (Å²) >= 11 is 0. The lowest BCUT2D eigenvalue weighted by Crippen LogP contribution is -2.20. The molecule has 2 N–H and O–H groups in total. The van der Waals surface area contributed by atoms with Gasteiger partial charge >= 0.3 is 0 Å². The lowest BCUT2D eigenvalue weighted by atomic mass is 9.95. The van der Waals surface area contributed by atoms with Gasteiger partial charge in [-0.2, -0.15) is 0 Å². The van der Waals surface area contributed by atoms with Gasteiger partial charge < -0.3 is 10.4 Å². The zero-order valence-electron chi connectivity index (χ0n) is 10.8. The first-order valence-electron chi connectivity index (χ1n) is 6.35. The Morgan fingerprint density at radius 3 is 2.32 bits per heavy atom. The highest BCUT2D eigenvalue weighted by atomic mass is 16.3. The monoisotopic (exact) mass is 255 g/mol. The van der Waals surface area contributed by atoms with Crippen LogP contribution in [-0.4, -0.2) is 11.0 Å². The molecule has 1 atom stereocenters. The maximum atomic E-state index is 12.3. The Kier molecular flexibility index (Phi) is 4.18. The topological polar surface area (TPSA) is 49.3 Å². The molecule has 0 spiro atoms. The smallest absolute Gasteiger partial charge is 0.231 e. The average molecular weight is 255 g/mol. The Bertz CT molecular complexity index is 534. The number of aromatic hydroxyl groups is 1. The third-order valence-corrected chi connectivity index (χ3v) is 3.06. The van der Waals surface area contributed by atoms with Crippen molar-refractivity contribution in [3.8, 4) is 5.75 Å². The molecule has 1 amide bonds. The minimum atomic E-state index is -0.157. The number of carbonyl (C=O) groups excluding carboxylic acids is 1. The fraction of sp³-hybridized carbons (Fsp3) is 0.188. The van der Waals surface area contributed by atoms with E-state index in [1.165, 1.54) is 0 Å². The molecular formula is C16H17NO2. The number of phenolic OH excluding ortho intramolecular Hbond substituents is 1. The van der Waals surface area contributed by atoms with Crippen LogP contribution in [-0.2, 0) is 4.79 Å². The van der Waals surface area contributed by atoms with Crippen molar-refractivity contribution < 1.29 is 9.90 Å². The van der Waals surface area contributed by atoms with Crippen molar-refractivity contribution in [2.24, 2.45) is 0 Å². The zero-order chi connectivity index (χ0) is 13.7. The van der Waals surface area contributed by atoms with E-state index in [-0.39, 0.29) is 17.6 Å². The lowest BCUT2D eigenvalue weighted by molar-refractivity contribution is -0.117. The minimum Gasteiger partial charge on any atom is -0.508 e. The molecular weight excluding hydrogens is 238 g/mol. The number of amides is 1. The van der Waals surface area contributed by atoms with E-state index in [9.17, 15) is 9.90 Å². The van der Waals surface area contributed by atoms with Gasteiger partial charge in [-0.25, -0.2) is 0 Å². The number of nitrogens with one attached hydrogen (secondary N) is 1. The van der Waals surface area contributed by atoms with Crippen molar-refractivity contribution in [3.63, 3.8) is 0 Å². The second kappa shape index (κ2) is 6.05. The van der Waals surface area contributed by atoms with Crippen molar-refractivity contribution >= 4 is 11.6 Å². The molecule has 3 heteroatoms. The Morgan fingerprint density at radius 1 is 1.11 bits per heavy atom. The normalized spacial score (nSPS) is 11.8. The predicted molar refractivity (Wildman–Crippen MR) is 76.2 cm³/mol. The summed E-state index contributed by atoms with van der Waals surface area (Å²) in [5, 5.41) is 12.1. The van der Waals surface area contributed by atoms with Crippen LogP contribution in [0.4, 0.5) is 5.69 Å². The van der Waals surface area contributed by atoms with Gasteiger partial charge in [-0.15, -0.1) is 0 Å². The van der Waals surface area contributed by atoms with E-state index in [1.807, 2.05) is 37.3 Å². The van der Waals surface area contributed by atoms with Gasteiger partial charge in [-0.3, -0.25) is 4.79 Å². The number of phenols is 1. The Hall–Kier alpha value is -2.29. The van der Waals surface area contributed by atoms with Crippen LogP contribution in [0.2, 0.25) is 0 Å². The summed E-state index contributed by atoms with van der Waals surface area (Å²) in [4.78, 5) is 12.3. The molecule has 0 heterocycles. The summed E-state index contributed by atoms with van der Waals surface area (Å²) < 4.78 is 0. The number of hydrogen-bond acceptors (Lipinski definition) is 2. The zero-order valence-corrected chi connectivity index (χ0v) is 10.8. The maximum Gasteiger partial charge on any atom is 0.231 e. The van der Waals surface area contributed by atoms with Gasteiger partial charge in [0.1, 0.15) is 5.75 Å². The standard InChI is InChI=1S/C16H17NO2/c1-2-15(12-6-4-3-5-7-12)16(19)17-13-8-10-14(18)11-9-13/h3-11,15,18H,2H2,1H3,(H,17,19). The van der Waals surface area contributed by atoms with Gasteiger partial charge in [0.25, 0.3) is 0 Å². The summed E-state index contributed by atoms with van der Waals surface area (Å²) in [5.41, 5.74) is 1.71. The highest BCUT2D eigenvalue weighted by Crippen LogP contribution is 2.22. The highest BCUT2D eigenvalue weighted by Gasteiger charge is 2.18. The largest absolute Gasteiger partial charge is 0.508 e. The van der Waals surface area contributed by atoms with E-state index in [2.05, 4.69) is 5.32 Å². The van der Waals surface area contributed by atoms with Gasteiger partial charge in [0.05, 0.1) is 5.92 Å². The van der Waals surface area contributed by atoms with Gasteiger partial charge in [0, 0.05) is 5.69 Å². The van der Waals surface area contributed by atoms with Crippen LogP contribution >= 0.6 is 0 Å². The third kappa shape index (κ3) is 3.35. The van der Waals surface area contributed by atoms with E-state index in [0.717, 1.165) is 12.0 Å². The third-order valence-electron chi connectivity index (χ3n) is 3.06. The van der Waals surface area contributed by atoms with Crippen molar-refractivity contribution in [2.45, 2.75) is 19.3 Å². The molecule has 1 unspecified atom stereocenters. The molecule has 98 valence electrons. The Labute approximate surface area is 112 Å². The number of rotatable bonds is 4. The molecule has 2 rings (SSSR count). The number of carbonyl (C=O) groups is 1. The van der Waals surface area contributed by atoms with Crippen LogP contribution in [0.1, 0.15) is 24.8 Å². The quantitative estimate of drug-likeness (QED) is 0.821. The summed E-state index contributed by atoms with van der Waals surface area (Å²) in [5.74, 6) is 0.00231. The maximum absolute atomic E-state index is 12.3. The first-order chi connectivity index (χ1) is 9.20. The molecule has 0 radical (unpaired) electrons. The van der Waals surface area contributed by atoms with Crippen LogP contribution < -0.4 is 5.32 Å². The SMILES string of the molecule is CCC(C(=O)Nc1ccc(O)cc1)c1ccccc1. The van der Waals surface area contributed by atoms with Crippen molar-refractivity contribution in [1.29, 1.82) is 0 Å². The molecule has 2 aromatic carbocycles. The van der Waals surface area contributed by atoms with Gasteiger partial charge in [-0.05, 0) is 36.2 Å². The molecule has 0 aliphatic rings. The van der Waals surface area contributed by atoms with Crippen LogP contribution in [0, 0.1) is 0 Å². The molecule has 0 bridgehead atoms. The van der Waals surface area contributed by atoms with Crippen LogP contribution in [0.5, 0.6) is 5.75 Å². The van der Waals surface area contributed by atoms with E-state index in [1.54, 1.807) is 24.3 Å². The Balaban J connectivity index is 2.11. The molecule has 0 fully saturated rings. The second-order valence-electron chi connectivity index (χ2n) is 4.41. The molecule has 19 heavy (non-hydrogen) atoms. The van der Waals surface area contributed by atoms with E-state index >= 15 is 0 Å². The summed E-state index contributed by atoms with van der Waals surface area (Å²) in [7, 11) is 0. The van der Waals surface area contributed by atoms with Crippen LogP contribution in [0.3, 0.4) is 0 Å². The number of anilines is 1. The lowest BCUT2D eigenvalue weighted by Gasteiger charge is -2.15. The molecule has 0 aliphatic heterocycles. The average Bonchev–Trinajstić information content (AvgIpc) is 2.43. The van der Waals surface area contributed by atoms with Crippen LogP contribution in [0.15, 0.2) is 54.6 Å². The predicted octanol–water partition coefficient (Wildman–Crippen LogP) is 3.52.